The second-order valence-electron chi connectivity index (χ2n) is 10.1. The molecule has 4 heterocycles. The molecule has 0 unspecified atom stereocenters. The first kappa shape index (κ1) is 23.5. The Labute approximate surface area is 224 Å². The summed E-state index contributed by atoms with van der Waals surface area (Å²) in [5.41, 5.74) is 8.61. The number of aromatic nitrogens is 5. The number of phenols is 1. The number of hydrogen-bond acceptors (Lipinski definition) is 5. The van der Waals surface area contributed by atoms with E-state index in [4.69, 9.17) is 4.98 Å². The van der Waals surface area contributed by atoms with Gasteiger partial charge in [0.1, 0.15) is 5.69 Å². The van der Waals surface area contributed by atoms with Gasteiger partial charge in [0.05, 0.1) is 22.4 Å². The number of phenolic OH excluding ortho intramolecular Hbond substituents is 1. The van der Waals surface area contributed by atoms with Crippen LogP contribution >= 0.6 is 0 Å². The molecule has 0 saturated heterocycles. The summed E-state index contributed by atoms with van der Waals surface area (Å²) >= 11 is 0. The van der Waals surface area contributed by atoms with E-state index in [-0.39, 0.29) is 5.75 Å². The van der Waals surface area contributed by atoms with Crippen molar-refractivity contribution >= 4 is 21.8 Å². The smallest absolute Gasteiger partial charge is 0.165 e. The van der Waals surface area contributed by atoms with Crippen molar-refractivity contribution in [1.29, 1.82) is 0 Å². The molecule has 8 heteroatoms. The van der Waals surface area contributed by atoms with Crippen LogP contribution in [0.4, 0.5) is 4.39 Å². The quantitative estimate of drug-likeness (QED) is 0.255. The van der Waals surface area contributed by atoms with E-state index in [1.54, 1.807) is 0 Å². The van der Waals surface area contributed by atoms with E-state index in [1.807, 2.05) is 37.4 Å². The number of aryl methyl sites for hydroxylation is 1. The summed E-state index contributed by atoms with van der Waals surface area (Å²) in [6, 6.07) is 19.3. The number of imidazole rings is 1. The molecule has 7 rings (SSSR count). The lowest BCUT2D eigenvalue weighted by Gasteiger charge is -2.26. The minimum atomic E-state index is -0.625. The molecule has 39 heavy (non-hydrogen) atoms. The molecule has 0 aliphatic carbocycles. The number of nitrogens with one attached hydrogen (secondary N) is 2. The highest BCUT2D eigenvalue weighted by atomic mass is 19.1. The molecule has 6 aromatic rings. The number of pyridine rings is 1. The first-order valence-electron chi connectivity index (χ1n) is 13.2. The lowest BCUT2D eigenvalue weighted by atomic mass is 9.96. The van der Waals surface area contributed by atoms with E-state index in [9.17, 15) is 9.50 Å². The minimum absolute atomic E-state index is 0.324. The van der Waals surface area contributed by atoms with E-state index < -0.39 is 5.82 Å². The number of aromatic hydroxyl groups is 1. The van der Waals surface area contributed by atoms with Crippen molar-refractivity contribution in [2.45, 2.75) is 32.9 Å². The molecule has 1 aliphatic rings. The monoisotopic (exact) mass is 518 g/mol. The van der Waals surface area contributed by atoms with Crippen LogP contribution in [0.2, 0.25) is 0 Å². The predicted octanol–water partition coefficient (Wildman–Crippen LogP) is 6.13. The van der Waals surface area contributed by atoms with Gasteiger partial charge in [-0.15, -0.1) is 0 Å². The van der Waals surface area contributed by atoms with Gasteiger partial charge < -0.3 is 10.1 Å². The highest BCUT2D eigenvalue weighted by Gasteiger charge is 2.23. The lowest BCUT2D eigenvalue weighted by molar-refractivity contribution is 0.242. The van der Waals surface area contributed by atoms with Crippen LogP contribution in [0.1, 0.15) is 29.4 Å². The van der Waals surface area contributed by atoms with Crippen LogP contribution in [0.3, 0.4) is 0 Å². The molecule has 0 saturated carbocycles. The van der Waals surface area contributed by atoms with Crippen molar-refractivity contribution < 1.29 is 9.50 Å². The van der Waals surface area contributed by atoms with Gasteiger partial charge in [-0.05, 0) is 59.0 Å². The normalized spacial score (nSPS) is 13.8. The fourth-order valence-electron chi connectivity index (χ4n) is 5.67. The van der Waals surface area contributed by atoms with Crippen molar-refractivity contribution in [2.75, 3.05) is 6.54 Å². The van der Waals surface area contributed by atoms with Crippen molar-refractivity contribution in [2.24, 2.45) is 0 Å². The van der Waals surface area contributed by atoms with Gasteiger partial charge in [-0.2, -0.15) is 5.10 Å². The number of aromatic amines is 2. The van der Waals surface area contributed by atoms with Gasteiger partial charge in [0.2, 0.25) is 0 Å². The zero-order chi connectivity index (χ0) is 26.5. The van der Waals surface area contributed by atoms with Crippen LogP contribution in [-0.4, -0.2) is 41.7 Å². The Morgan fingerprint density at radius 3 is 2.85 bits per heavy atom. The van der Waals surface area contributed by atoms with Gasteiger partial charge in [0.15, 0.2) is 17.4 Å². The average Bonchev–Trinajstić information content (AvgIpc) is 3.58. The SMILES string of the molecule is CCc1cc(O)c(F)cc1-c1ccc2c(-c3nc4c([nH]3)CN(Cc3cccc5cccnc35)CC4)n[nH]c2c1. The number of nitrogens with zero attached hydrogens (tertiary/aromatic N) is 4. The fraction of sp³-hybridized carbons (Fsp3) is 0.194. The Morgan fingerprint density at radius 2 is 1.95 bits per heavy atom. The van der Waals surface area contributed by atoms with Crippen molar-refractivity contribution in [1.82, 2.24) is 30.0 Å². The molecule has 3 aromatic heterocycles. The number of para-hydroxylation sites is 1. The molecule has 0 amide bonds. The number of rotatable bonds is 5. The van der Waals surface area contributed by atoms with Gasteiger partial charge in [0.25, 0.3) is 0 Å². The first-order valence-corrected chi connectivity index (χ1v) is 13.2. The second-order valence-corrected chi connectivity index (χ2v) is 10.1. The van der Waals surface area contributed by atoms with Gasteiger partial charge in [-0.3, -0.25) is 15.0 Å². The van der Waals surface area contributed by atoms with Crippen molar-refractivity contribution in [3.05, 3.63) is 95.2 Å². The Hall–Kier alpha value is -4.56. The van der Waals surface area contributed by atoms with E-state index in [2.05, 4.69) is 49.3 Å². The maximum Gasteiger partial charge on any atom is 0.165 e. The number of H-pyrrole nitrogens is 2. The topological polar surface area (TPSA) is 93.7 Å². The Kier molecular flexibility index (Phi) is 5.63. The molecule has 0 radical (unpaired) electrons. The number of fused-ring (bicyclic) bond motifs is 3. The molecule has 3 N–H and O–H groups in total. The summed E-state index contributed by atoms with van der Waals surface area (Å²) in [7, 11) is 0. The number of hydrogen-bond donors (Lipinski definition) is 3. The molecule has 7 nitrogen and oxygen atoms in total. The summed E-state index contributed by atoms with van der Waals surface area (Å²) in [4.78, 5) is 15.5. The van der Waals surface area contributed by atoms with Crippen LogP contribution < -0.4 is 0 Å². The van der Waals surface area contributed by atoms with Crippen LogP contribution in [0.15, 0.2) is 66.9 Å². The Balaban J connectivity index is 1.16. The largest absolute Gasteiger partial charge is 0.505 e. The molecule has 1 aliphatic heterocycles. The van der Waals surface area contributed by atoms with Crippen LogP contribution in [0, 0.1) is 5.82 Å². The third-order valence-electron chi connectivity index (χ3n) is 7.67. The van der Waals surface area contributed by atoms with Crippen molar-refractivity contribution in [3.63, 3.8) is 0 Å². The molecular formula is C31H27FN6O. The summed E-state index contributed by atoms with van der Waals surface area (Å²) in [6.07, 6.45) is 3.40. The third-order valence-corrected chi connectivity index (χ3v) is 7.67. The van der Waals surface area contributed by atoms with E-state index >= 15 is 0 Å². The van der Waals surface area contributed by atoms with Crippen LogP contribution in [0.5, 0.6) is 5.75 Å². The maximum absolute atomic E-state index is 14.2. The highest BCUT2D eigenvalue weighted by molar-refractivity contribution is 5.94. The molecule has 194 valence electrons. The van der Waals surface area contributed by atoms with E-state index in [0.717, 1.165) is 87.5 Å². The van der Waals surface area contributed by atoms with Gasteiger partial charge in [-0.1, -0.05) is 37.3 Å². The highest BCUT2D eigenvalue weighted by Crippen LogP contribution is 2.34. The van der Waals surface area contributed by atoms with E-state index in [1.165, 1.54) is 17.7 Å². The summed E-state index contributed by atoms with van der Waals surface area (Å²) < 4.78 is 14.2. The third kappa shape index (κ3) is 4.13. The summed E-state index contributed by atoms with van der Waals surface area (Å²) in [6.45, 7) is 4.52. The zero-order valence-corrected chi connectivity index (χ0v) is 21.5. The average molecular weight is 519 g/mol. The van der Waals surface area contributed by atoms with E-state index in [0.29, 0.717) is 6.42 Å². The standard InChI is InChI=1S/C31H27FN6O/c1-2-18-14-28(39)24(32)15-23(18)20-8-9-22-26(13-20)36-37-30(22)31-34-25-10-12-38(17-27(25)35-31)16-21-6-3-5-19-7-4-11-33-29(19)21/h3-9,11,13-15,39H,2,10,12,16-17H2,1H3,(H,34,35)(H,36,37). The summed E-state index contributed by atoms with van der Waals surface area (Å²) in [5, 5.41) is 19.6. The number of benzene rings is 3. The first-order chi connectivity index (χ1) is 19.1. The van der Waals surface area contributed by atoms with Gasteiger partial charge in [0, 0.05) is 43.0 Å². The molecule has 0 bridgehead atoms. The fourth-order valence-corrected chi connectivity index (χ4v) is 5.67. The van der Waals surface area contributed by atoms with Gasteiger partial charge in [-0.25, -0.2) is 9.37 Å². The zero-order valence-electron chi connectivity index (χ0n) is 21.5. The minimum Gasteiger partial charge on any atom is -0.505 e. The predicted molar refractivity (Wildman–Crippen MR) is 150 cm³/mol. The second kappa shape index (κ2) is 9.32. The molecule has 3 aromatic carbocycles. The summed E-state index contributed by atoms with van der Waals surface area (Å²) in [5.74, 6) is -0.202. The molecule has 0 spiro atoms. The molecule has 0 fully saturated rings. The molecular weight excluding hydrogens is 491 g/mol. The maximum atomic E-state index is 14.2. The molecule has 0 atom stereocenters. The van der Waals surface area contributed by atoms with Crippen LogP contribution in [0.25, 0.3) is 44.5 Å². The van der Waals surface area contributed by atoms with Crippen molar-refractivity contribution in [3.8, 4) is 28.4 Å². The van der Waals surface area contributed by atoms with Crippen LogP contribution in [-0.2, 0) is 25.9 Å². The lowest BCUT2D eigenvalue weighted by Crippen LogP contribution is -2.30. The number of halogens is 1. The van der Waals surface area contributed by atoms with Gasteiger partial charge >= 0.3 is 0 Å². The Morgan fingerprint density at radius 1 is 1.05 bits per heavy atom. The Bertz CT molecular complexity index is 1850.